The molecule has 0 aliphatic heterocycles. The van der Waals surface area contributed by atoms with Crippen LogP contribution in [0, 0.1) is 0 Å². The van der Waals surface area contributed by atoms with Crippen molar-refractivity contribution in [1.29, 1.82) is 0 Å². The molecule has 0 aliphatic carbocycles. The first-order chi connectivity index (χ1) is 8.37. The third kappa shape index (κ3) is 5.94. The molecule has 0 saturated heterocycles. The van der Waals surface area contributed by atoms with E-state index in [1.807, 2.05) is 32.9 Å². The molecule has 2 N–H and O–H groups in total. The van der Waals surface area contributed by atoms with Gasteiger partial charge in [0.25, 0.3) is 0 Å². The van der Waals surface area contributed by atoms with Crippen molar-refractivity contribution in [2.24, 2.45) is 0 Å². The minimum absolute atomic E-state index is 0.235. The minimum Gasteiger partial charge on any atom is -0.508 e. The Morgan fingerprint density at radius 1 is 1.33 bits per heavy atom. The van der Waals surface area contributed by atoms with Crippen LogP contribution < -0.4 is 5.32 Å². The summed E-state index contributed by atoms with van der Waals surface area (Å²) in [5.74, 6) is 0.235. The molecule has 0 aromatic heterocycles. The lowest BCUT2D eigenvalue weighted by atomic mass is 10.2. The Labute approximate surface area is 107 Å². The Morgan fingerprint density at radius 2 is 1.94 bits per heavy atom. The number of aromatic hydroxyl groups is 1. The lowest BCUT2D eigenvalue weighted by Gasteiger charge is -2.19. The van der Waals surface area contributed by atoms with Crippen LogP contribution >= 0.6 is 0 Å². The van der Waals surface area contributed by atoms with Gasteiger partial charge >= 0.3 is 6.09 Å². The molecular weight excluding hydrogens is 230 g/mol. The number of ether oxygens (including phenoxy) is 1. The maximum absolute atomic E-state index is 11.3. The molecule has 1 aromatic rings. The van der Waals surface area contributed by atoms with Gasteiger partial charge in [-0.2, -0.15) is 0 Å². The second kappa shape index (κ2) is 6.10. The highest BCUT2D eigenvalue weighted by Gasteiger charge is 2.14. The number of carbonyl (C=O) groups excluding carboxylic acids is 1. The SMILES string of the molecule is CC(C)(C)OC(=O)NCC=Cc1ccc(O)cc1. The van der Waals surface area contributed by atoms with E-state index in [0.717, 1.165) is 5.56 Å². The summed E-state index contributed by atoms with van der Waals surface area (Å²) in [7, 11) is 0. The molecule has 0 atom stereocenters. The summed E-state index contributed by atoms with van der Waals surface area (Å²) in [4.78, 5) is 11.3. The third-order valence-corrected chi connectivity index (χ3v) is 1.97. The zero-order valence-corrected chi connectivity index (χ0v) is 10.9. The van der Waals surface area contributed by atoms with Gasteiger partial charge in [0, 0.05) is 6.54 Å². The van der Waals surface area contributed by atoms with Crippen LogP contribution in [0.2, 0.25) is 0 Å². The lowest BCUT2D eigenvalue weighted by molar-refractivity contribution is 0.0534. The normalized spacial score (nSPS) is 11.5. The zero-order valence-electron chi connectivity index (χ0n) is 10.9. The van der Waals surface area contributed by atoms with Crippen molar-refractivity contribution in [3.05, 3.63) is 35.9 Å². The standard InChI is InChI=1S/C14H19NO3/c1-14(2,3)18-13(17)15-10-4-5-11-6-8-12(16)9-7-11/h4-9,16H,10H2,1-3H3,(H,15,17). The molecule has 4 heteroatoms. The molecular formula is C14H19NO3. The maximum atomic E-state index is 11.3. The number of carbonyl (C=O) groups is 1. The molecule has 4 nitrogen and oxygen atoms in total. The van der Waals surface area contributed by atoms with Crippen LogP contribution in [-0.2, 0) is 4.74 Å². The van der Waals surface area contributed by atoms with Crippen molar-refractivity contribution in [2.75, 3.05) is 6.54 Å². The van der Waals surface area contributed by atoms with E-state index in [2.05, 4.69) is 5.32 Å². The van der Waals surface area contributed by atoms with E-state index in [-0.39, 0.29) is 5.75 Å². The molecule has 1 rings (SSSR count). The predicted octanol–water partition coefficient (Wildman–Crippen LogP) is 2.93. The number of phenolic OH excluding ortho intramolecular Hbond substituents is 1. The van der Waals surface area contributed by atoms with Crippen LogP contribution in [0.5, 0.6) is 5.75 Å². The van der Waals surface area contributed by atoms with E-state index in [4.69, 9.17) is 9.84 Å². The Balaban J connectivity index is 2.33. The molecule has 0 radical (unpaired) electrons. The molecule has 0 unspecified atom stereocenters. The van der Waals surface area contributed by atoms with E-state index in [1.165, 1.54) is 0 Å². The van der Waals surface area contributed by atoms with Crippen molar-refractivity contribution < 1.29 is 14.6 Å². The van der Waals surface area contributed by atoms with Crippen LogP contribution in [-0.4, -0.2) is 23.3 Å². The second-order valence-corrected chi connectivity index (χ2v) is 4.88. The summed E-state index contributed by atoms with van der Waals surface area (Å²) in [5, 5.41) is 11.7. The van der Waals surface area contributed by atoms with Crippen molar-refractivity contribution in [2.45, 2.75) is 26.4 Å². The molecule has 0 saturated carbocycles. The van der Waals surface area contributed by atoms with Gasteiger partial charge in [-0.05, 0) is 38.5 Å². The summed E-state index contributed by atoms with van der Waals surface area (Å²) < 4.78 is 5.09. The molecule has 18 heavy (non-hydrogen) atoms. The monoisotopic (exact) mass is 249 g/mol. The van der Waals surface area contributed by atoms with Gasteiger partial charge in [-0.1, -0.05) is 24.3 Å². The van der Waals surface area contributed by atoms with Crippen LogP contribution in [0.25, 0.3) is 6.08 Å². The number of hydrogen-bond acceptors (Lipinski definition) is 3. The van der Waals surface area contributed by atoms with Gasteiger partial charge in [-0.15, -0.1) is 0 Å². The number of amides is 1. The summed E-state index contributed by atoms with van der Waals surface area (Å²) in [5.41, 5.74) is 0.476. The van der Waals surface area contributed by atoms with E-state index < -0.39 is 11.7 Å². The third-order valence-electron chi connectivity index (χ3n) is 1.97. The van der Waals surface area contributed by atoms with Crippen molar-refractivity contribution in [3.63, 3.8) is 0 Å². The van der Waals surface area contributed by atoms with Gasteiger partial charge in [0.2, 0.25) is 0 Å². The van der Waals surface area contributed by atoms with Crippen LogP contribution in [0.3, 0.4) is 0 Å². The molecule has 1 aromatic carbocycles. The predicted molar refractivity (Wildman–Crippen MR) is 71.4 cm³/mol. The Bertz CT molecular complexity index is 416. The number of phenols is 1. The van der Waals surface area contributed by atoms with Crippen molar-refractivity contribution in [1.82, 2.24) is 5.32 Å². The molecule has 0 aliphatic rings. The van der Waals surface area contributed by atoms with Crippen LogP contribution in [0.1, 0.15) is 26.3 Å². The summed E-state index contributed by atoms with van der Waals surface area (Å²) in [6.07, 6.45) is 3.24. The van der Waals surface area contributed by atoms with E-state index in [1.54, 1.807) is 24.3 Å². The number of rotatable bonds is 3. The van der Waals surface area contributed by atoms with Gasteiger partial charge < -0.3 is 15.2 Å². The Morgan fingerprint density at radius 3 is 2.50 bits per heavy atom. The van der Waals surface area contributed by atoms with E-state index in [0.29, 0.717) is 6.54 Å². The van der Waals surface area contributed by atoms with E-state index in [9.17, 15) is 4.79 Å². The number of alkyl carbamates (subject to hydrolysis) is 1. The number of hydrogen-bond donors (Lipinski definition) is 2. The molecule has 0 spiro atoms. The smallest absolute Gasteiger partial charge is 0.407 e. The molecule has 0 bridgehead atoms. The number of benzene rings is 1. The van der Waals surface area contributed by atoms with E-state index >= 15 is 0 Å². The summed E-state index contributed by atoms with van der Waals surface area (Å²) >= 11 is 0. The molecule has 98 valence electrons. The van der Waals surface area contributed by atoms with Gasteiger partial charge in [0.1, 0.15) is 11.4 Å². The average molecular weight is 249 g/mol. The average Bonchev–Trinajstić information content (AvgIpc) is 2.24. The quantitative estimate of drug-likeness (QED) is 0.866. The number of nitrogens with one attached hydrogen (secondary N) is 1. The van der Waals surface area contributed by atoms with Gasteiger partial charge in [0.05, 0.1) is 0 Å². The molecule has 0 heterocycles. The first-order valence-electron chi connectivity index (χ1n) is 5.79. The van der Waals surface area contributed by atoms with Gasteiger partial charge in [0.15, 0.2) is 0 Å². The van der Waals surface area contributed by atoms with Gasteiger partial charge in [-0.25, -0.2) is 4.79 Å². The summed E-state index contributed by atoms with van der Waals surface area (Å²) in [6, 6.07) is 6.81. The van der Waals surface area contributed by atoms with Gasteiger partial charge in [-0.3, -0.25) is 0 Å². The fourth-order valence-electron chi connectivity index (χ4n) is 1.24. The topological polar surface area (TPSA) is 58.6 Å². The maximum Gasteiger partial charge on any atom is 0.407 e. The largest absolute Gasteiger partial charge is 0.508 e. The molecule has 1 amide bonds. The van der Waals surface area contributed by atoms with Crippen LogP contribution in [0.15, 0.2) is 30.3 Å². The van der Waals surface area contributed by atoms with Crippen molar-refractivity contribution >= 4 is 12.2 Å². The minimum atomic E-state index is -0.481. The first kappa shape index (κ1) is 14.1. The molecule has 0 fully saturated rings. The highest BCUT2D eigenvalue weighted by Crippen LogP contribution is 2.10. The van der Waals surface area contributed by atoms with Crippen molar-refractivity contribution in [3.8, 4) is 5.75 Å². The zero-order chi connectivity index (χ0) is 13.6. The summed E-state index contributed by atoms with van der Waals surface area (Å²) in [6.45, 7) is 5.85. The lowest BCUT2D eigenvalue weighted by Crippen LogP contribution is -2.32. The van der Waals surface area contributed by atoms with Crippen LogP contribution in [0.4, 0.5) is 4.79 Å². The fraction of sp³-hybridized carbons (Fsp3) is 0.357. The highest BCUT2D eigenvalue weighted by atomic mass is 16.6. The Hall–Kier alpha value is -1.97. The first-order valence-corrected chi connectivity index (χ1v) is 5.79. The second-order valence-electron chi connectivity index (χ2n) is 4.88. The fourth-order valence-corrected chi connectivity index (χ4v) is 1.24. The highest BCUT2D eigenvalue weighted by molar-refractivity contribution is 5.68. The Kier molecular flexibility index (Phi) is 4.77.